The highest BCUT2D eigenvalue weighted by Crippen LogP contribution is 1.91. The van der Waals surface area contributed by atoms with E-state index in [1.54, 1.807) is 0 Å². The maximum absolute atomic E-state index is 10.6. The van der Waals surface area contributed by atoms with Crippen molar-refractivity contribution in [3.8, 4) is 11.2 Å². The van der Waals surface area contributed by atoms with Crippen LogP contribution in [0.4, 0.5) is 0 Å². The van der Waals surface area contributed by atoms with E-state index in [0.29, 0.717) is 6.42 Å². The van der Waals surface area contributed by atoms with Crippen LogP contribution in [0.2, 0.25) is 0 Å². The molecule has 0 amide bonds. The molecule has 0 rings (SSSR count). The highest BCUT2D eigenvalue weighted by Gasteiger charge is 2.02. The zero-order valence-electron chi connectivity index (χ0n) is 6.05. The lowest BCUT2D eigenvalue weighted by Gasteiger charge is -1.93. The molecule has 0 aliphatic carbocycles. The molecule has 0 aromatic heterocycles. The van der Waals surface area contributed by atoms with Crippen molar-refractivity contribution in [2.45, 2.75) is 20.3 Å². The van der Waals surface area contributed by atoms with Gasteiger partial charge in [0.2, 0.25) is 0 Å². The van der Waals surface area contributed by atoms with Crippen molar-refractivity contribution in [1.29, 1.82) is 0 Å². The van der Waals surface area contributed by atoms with Gasteiger partial charge in [-0.2, -0.15) is 8.42 Å². The highest BCUT2D eigenvalue weighted by molar-refractivity contribution is 7.91. The molecule has 0 fully saturated rings. The lowest BCUT2D eigenvalue weighted by atomic mass is 10.5. The standard InChI is InChI=1S/C6H10O3S/c1-3-5-9-10(7,8)6-4-2/h3,5H2,1-2H3. The minimum absolute atomic E-state index is 0.205. The number of rotatable bonds is 3. The smallest absolute Gasteiger partial charge is 0.260 e. The SMILES string of the molecule is CC#CS(=O)(=O)OCCC. The maximum Gasteiger partial charge on any atom is 0.337 e. The normalized spacial score (nSPS) is 10.2. The molecule has 0 atom stereocenters. The summed E-state index contributed by atoms with van der Waals surface area (Å²) < 4.78 is 25.6. The van der Waals surface area contributed by atoms with Crippen molar-refractivity contribution in [3.63, 3.8) is 0 Å². The zero-order valence-corrected chi connectivity index (χ0v) is 6.86. The molecule has 4 heteroatoms. The minimum atomic E-state index is -3.55. The van der Waals surface area contributed by atoms with Crippen LogP contribution >= 0.6 is 0 Å². The van der Waals surface area contributed by atoms with Gasteiger partial charge in [0, 0.05) is 0 Å². The summed E-state index contributed by atoms with van der Waals surface area (Å²) in [4.78, 5) is 0. The Hall–Kier alpha value is -0.530. The summed E-state index contributed by atoms with van der Waals surface area (Å²) in [6.45, 7) is 3.48. The van der Waals surface area contributed by atoms with Crippen molar-refractivity contribution in [2.75, 3.05) is 6.61 Å². The molecule has 0 unspecified atom stereocenters. The average Bonchev–Trinajstić information content (AvgIpc) is 1.84. The lowest BCUT2D eigenvalue weighted by Crippen LogP contribution is -2.02. The molecule has 0 N–H and O–H groups in total. The van der Waals surface area contributed by atoms with E-state index in [9.17, 15) is 8.42 Å². The molecule has 0 aromatic carbocycles. The van der Waals surface area contributed by atoms with E-state index < -0.39 is 10.1 Å². The first-order valence-corrected chi connectivity index (χ1v) is 4.36. The third kappa shape index (κ3) is 4.36. The Morgan fingerprint density at radius 1 is 1.50 bits per heavy atom. The Kier molecular flexibility index (Phi) is 4.08. The molecule has 0 spiro atoms. The molecule has 3 nitrogen and oxygen atoms in total. The fourth-order valence-electron chi connectivity index (χ4n) is 0.348. The lowest BCUT2D eigenvalue weighted by molar-refractivity contribution is 0.325. The molecule has 10 heavy (non-hydrogen) atoms. The molecule has 0 saturated carbocycles. The van der Waals surface area contributed by atoms with E-state index in [1.807, 2.05) is 12.2 Å². The van der Waals surface area contributed by atoms with Gasteiger partial charge >= 0.3 is 10.1 Å². The Bertz CT molecular complexity index is 229. The van der Waals surface area contributed by atoms with Gasteiger partial charge in [-0.1, -0.05) is 12.8 Å². The highest BCUT2D eigenvalue weighted by atomic mass is 32.2. The summed E-state index contributed by atoms with van der Waals surface area (Å²) >= 11 is 0. The first-order chi connectivity index (χ1) is 4.62. The summed E-state index contributed by atoms with van der Waals surface area (Å²) in [6.07, 6.45) is 0.671. The van der Waals surface area contributed by atoms with Crippen LogP contribution in [-0.4, -0.2) is 15.0 Å². The van der Waals surface area contributed by atoms with E-state index in [-0.39, 0.29) is 6.61 Å². The van der Waals surface area contributed by atoms with E-state index in [2.05, 4.69) is 10.1 Å². The van der Waals surface area contributed by atoms with Crippen LogP contribution in [0, 0.1) is 11.2 Å². The van der Waals surface area contributed by atoms with Gasteiger partial charge in [0.15, 0.2) is 0 Å². The number of hydrogen-bond acceptors (Lipinski definition) is 3. The van der Waals surface area contributed by atoms with Gasteiger partial charge in [-0.15, -0.1) is 0 Å². The molecule has 0 aromatic rings. The molecular weight excluding hydrogens is 152 g/mol. The second-order valence-electron chi connectivity index (χ2n) is 1.63. The van der Waals surface area contributed by atoms with Crippen molar-refractivity contribution in [3.05, 3.63) is 0 Å². The predicted octanol–water partition coefficient (Wildman–Crippen LogP) is 0.724. The quantitative estimate of drug-likeness (QED) is 0.453. The predicted molar refractivity (Wildman–Crippen MR) is 38.6 cm³/mol. The first kappa shape index (κ1) is 9.47. The topological polar surface area (TPSA) is 43.4 Å². The summed E-state index contributed by atoms with van der Waals surface area (Å²) in [5.74, 6) is 2.25. The van der Waals surface area contributed by atoms with Gasteiger partial charge in [0.1, 0.15) is 0 Å². The minimum Gasteiger partial charge on any atom is -0.260 e. The van der Waals surface area contributed by atoms with Crippen LogP contribution in [0.3, 0.4) is 0 Å². The van der Waals surface area contributed by atoms with Crippen LogP contribution < -0.4 is 0 Å². The second kappa shape index (κ2) is 4.31. The molecule has 0 aliphatic heterocycles. The first-order valence-electron chi connectivity index (χ1n) is 2.95. The van der Waals surface area contributed by atoms with E-state index in [4.69, 9.17) is 0 Å². The van der Waals surface area contributed by atoms with Gasteiger partial charge in [-0.05, 0) is 13.3 Å². The van der Waals surface area contributed by atoms with Crippen molar-refractivity contribution >= 4 is 10.1 Å². The Morgan fingerprint density at radius 2 is 2.10 bits per heavy atom. The fourth-order valence-corrected chi connectivity index (χ4v) is 1.04. The van der Waals surface area contributed by atoms with Gasteiger partial charge in [0.05, 0.1) is 11.9 Å². The molecule has 0 bridgehead atoms. The van der Waals surface area contributed by atoms with Gasteiger partial charge < -0.3 is 0 Å². The average molecular weight is 162 g/mol. The van der Waals surface area contributed by atoms with E-state index in [0.717, 1.165) is 0 Å². The maximum atomic E-state index is 10.6. The summed E-state index contributed by atoms with van der Waals surface area (Å²) in [6, 6.07) is 0. The summed E-state index contributed by atoms with van der Waals surface area (Å²) in [5, 5.41) is 1.96. The summed E-state index contributed by atoms with van der Waals surface area (Å²) in [5.41, 5.74) is 0. The Morgan fingerprint density at radius 3 is 2.50 bits per heavy atom. The monoisotopic (exact) mass is 162 g/mol. The third-order valence-electron chi connectivity index (χ3n) is 0.670. The van der Waals surface area contributed by atoms with Crippen molar-refractivity contribution in [2.24, 2.45) is 0 Å². The second-order valence-corrected chi connectivity index (χ2v) is 2.98. The zero-order chi connectivity index (χ0) is 8.04. The van der Waals surface area contributed by atoms with E-state index >= 15 is 0 Å². The molecule has 58 valence electrons. The Balaban J connectivity index is 3.98. The molecule has 0 heterocycles. The largest absolute Gasteiger partial charge is 0.337 e. The van der Waals surface area contributed by atoms with Crippen LogP contribution in [0.5, 0.6) is 0 Å². The van der Waals surface area contributed by atoms with Crippen molar-refractivity contribution in [1.82, 2.24) is 0 Å². The van der Waals surface area contributed by atoms with Gasteiger partial charge in [-0.25, -0.2) is 0 Å². The van der Waals surface area contributed by atoms with Gasteiger partial charge in [0.25, 0.3) is 0 Å². The molecule has 0 radical (unpaired) electrons. The Labute approximate surface area is 61.5 Å². The number of hydrogen-bond donors (Lipinski definition) is 0. The van der Waals surface area contributed by atoms with Crippen molar-refractivity contribution < 1.29 is 12.6 Å². The molecule has 0 aliphatic rings. The van der Waals surface area contributed by atoms with Gasteiger partial charge in [-0.3, -0.25) is 4.18 Å². The van der Waals surface area contributed by atoms with Crippen LogP contribution in [0.25, 0.3) is 0 Å². The summed E-state index contributed by atoms with van der Waals surface area (Å²) in [7, 11) is -3.55. The molecule has 0 saturated heterocycles. The van der Waals surface area contributed by atoms with Crippen LogP contribution in [0.1, 0.15) is 20.3 Å². The third-order valence-corrected chi connectivity index (χ3v) is 1.60. The van der Waals surface area contributed by atoms with Crippen LogP contribution in [-0.2, 0) is 14.3 Å². The fraction of sp³-hybridized carbons (Fsp3) is 0.667. The van der Waals surface area contributed by atoms with E-state index in [1.165, 1.54) is 6.92 Å². The molecular formula is C6H10O3S. The van der Waals surface area contributed by atoms with Crippen LogP contribution in [0.15, 0.2) is 0 Å².